The molecule has 3 aliphatic heterocycles. The molecule has 0 amide bonds. The van der Waals surface area contributed by atoms with Crippen LogP contribution in [0.2, 0.25) is 0 Å². The summed E-state index contributed by atoms with van der Waals surface area (Å²) in [7, 11) is 1.22. The van der Waals surface area contributed by atoms with Crippen LogP contribution in [0.5, 0.6) is 0 Å². The number of fused-ring (bicyclic) bond motifs is 2. The molecule has 4 rings (SSSR count). The third kappa shape index (κ3) is 4.41. The smallest absolute Gasteiger partial charge is 0.345 e. The number of allylic oxidation sites excluding steroid dienone is 1. The Bertz CT molecular complexity index is 1120. The Morgan fingerprint density at radius 3 is 2.39 bits per heavy atom. The van der Waals surface area contributed by atoms with Crippen molar-refractivity contribution in [1.29, 1.82) is 0 Å². The van der Waals surface area contributed by atoms with Crippen LogP contribution >= 0.6 is 0 Å². The van der Waals surface area contributed by atoms with Crippen LogP contribution in [0.15, 0.2) is 22.6 Å². The number of epoxide rings is 1. The van der Waals surface area contributed by atoms with Crippen molar-refractivity contribution in [3.8, 4) is 0 Å². The molecule has 0 saturated carbocycles. The number of hydrogen-bond acceptors (Lipinski definition) is 11. The van der Waals surface area contributed by atoms with E-state index in [2.05, 4.69) is 6.58 Å². The highest BCUT2D eigenvalue weighted by Crippen LogP contribution is 2.54. The topological polar surface area (TPSA) is 151 Å². The molecule has 2 saturated heterocycles. The van der Waals surface area contributed by atoms with Crippen molar-refractivity contribution in [3.05, 3.63) is 35.3 Å². The minimum absolute atomic E-state index is 0.0224. The van der Waals surface area contributed by atoms with Gasteiger partial charge in [0.1, 0.15) is 41.0 Å². The summed E-state index contributed by atoms with van der Waals surface area (Å²) >= 11 is 0. The predicted octanol–water partition coefficient (Wildman–Crippen LogP) is 1.94. The highest BCUT2D eigenvalue weighted by molar-refractivity contribution is 5.91. The molecule has 0 radical (unpaired) electrons. The van der Waals surface area contributed by atoms with E-state index in [1.807, 2.05) is 0 Å². The van der Waals surface area contributed by atoms with E-state index in [0.717, 1.165) is 0 Å². The molecule has 3 aliphatic rings. The second kappa shape index (κ2) is 9.04. The van der Waals surface area contributed by atoms with Gasteiger partial charge in [-0.25, -0.2) is 9.59 Å². The summed E-state index contributed by atoms with van der Waals surface area (Å²) in [5, 5.41) is 11.5. The quantitative estimate of drug-likeness (QED) is 0.276. The summed E-state index contributed by atoms with van der Waals surface area (Å²) in [5.41, 5.74) is -2.57. The van der Waals surface area contributed by atoms with Crippen LogP contribution in [0.25, 0.3) is 0 Å². The Morgan fingerprint density at radius 2 is 1.83 bits per heavy atom. The number of rotatable bonds is 4. The third-order valence-corrected chi connectivity index (χ3v) is 6.97. The summed E-state index contributed by atoms with van der Waals surface area (Å²) in [6, 6.07) is 1.37. The molecule has 11 nitrogen and oxygen atoms in total. The molecule has 196 valence electrons. The molecule has 1 aromatic rings. The lowest BCUT2D eigenvalue weighted by molar-refractivity contribution is -0.177. The second-order valence-corrected chi connectivity index (χ2v) is 9.88. The van der Waals surface area contributed by atoms with Gasteiger partial charge in [-0.3, -0.25) is 9.59 Å². The van der Waals surface area contributed by atoms with Gasteiger partial charge in [0.05, 0.1) is 7.11 Å². The van der Waals surface area contributed by atoms with E-state index in [-0.39, 0.29) is 36.3 Å². The highest BCUT2D eigenvalue weighted by atomic mass is 16.7. The van der Waals surface area contributed by atoms with E-state index in [0.29, 0.717) is 5.57 Å². The van der Waals surface area contributed by atoms with E-state index in [4.69, 9.17) is 28.1 Å². The van der Waals surface area contributed by atoms with Crippen molar-refractivity contribution in [2.75, 3.05) is 7.11 Å². The number of esters is 4. The molecular weight excluding hydrogens is 476 g/mol. The summed E-state index contributed by atoms with van der Waals surface area (Å²) in [6.07, 6.45) is -3.98. The number of hydrogen-bond donors (Lipinski definition) is 1. The van der Waals surface area contributed by atoms with Crippen molar-refractivity contribution in [3.63, 3.8) is 0 Å². The first-order valence-electron chi connectivity index (χ1n) is 11.6. The first-order valence-corrected chi connectivity index (χ1v) is 11.6. The molecule has 4 bridgehead atoms. The van der Waals surface area contributed by atoms with E-state index < -0.39 is 65.4 Å². The van der Waals surface area contributed by atoms with Gasteiger partial charge in [0.25, 0.3) is 0 Å². The van der Waals surface area contributed by atoms with Gasteiger partial charge in [0, 0.05) is 26.7 Å². The fourth-order valence-corrected chi connectivity index (χ4v) is 5.16. The van der Waals surface area contributed by atoms with E-state index in [1.54, 1.807) is 6.92 Å². The lowest BCUT2D eigenvalue weighted by atomic mass is 9.82. The Hall–Kier alpha value is -3.18. The normalized spacial score (nSPS) is 35.2. The Morgan fingerprint density at radius 1 is 1.17 bits per heavy atom. The van der Waals surface area contributed by atoms with Crippen molar-refractivity contribution >= 4 is 23.9 Å². The number of carbonyl (C=O) groups is 4. The Labute approximate surface area is 207 Å². The Balaban J connectivity index is 1.86. The van der Waals surface area contributed by atoms with Crippen LogP contribution in [-0.2, 0) is 44.5 Å². The minimum Gasteiger partial charge on any atom is -0.465 e. The zero-order valence-corrected chi connectivity index (χ0v) is 20.8. The van der Waals surface area contributed by atoms with Crippen molar-refractivity contribution in [2.24, 2.45) is 5.92 Å². The predicted molar refractivity (Wildman–Crippen MR) is 119 cm³/mol. The summed E-state index contributed by atoms with van der Waals surface area (Å²) in [5.74, 6) is -2.89. The highest BCUT2D eigenvalue weighted by Gasteiger charge is 2.78. The first kappa shape index (κ1) is 25.9. The minimum atomic E-state index is -1.81. The van der Waals surface area contributed by atoms with Crippen LogP contribution in [0.4, 0.5) is 0 Å². The largest absolute Gasteiger partial charge is 0.465 e. The first-order chi connectivity index (χ1) is 16.8. The van der Waals surface area contributed by atoms with E-state index in [9.17, 15) is 24.3 Å². The van der Waals surface area contributed by atoms with Gasteiger partial charge in [-0.15, -0.1) is 0 Å². The third-order valence-electron chi connectivity index (χ3n) is 6.97. The molecule has 0 unspecified atom stereocenters. The number of furan rings is 1. The zero-order valence-electron chi connectivity index (χ0n) is 20.8. The van der Waals surface area contributed by atoms with Crippen LogP contribution in [-0.4, -0.2) is 65.6 Å². The van der Waals surface area contributed by atoms with Crippen molar-refractivity contribution in [1.82, 2.24) is 0 Å². The molecule has 1 aromatic heterocycles. The second-order valence-electron chi connectivity index (χ2n) is 9.88. The maximum atomic E-state index is 13.0. The number of ether oxygens (including phenoxy) is 5. The van der Waals surface area contributed by atoms with Gasteiger partial charge in [-0.1, -0.05) is 12.2 Å². The summed E-state index contributed by atoms with van der Waals surface area (Å²) in [4.78, 5) is 49.5. The molecule has 1 N–H and O–H groups in total. The van der Waals surface area contributed by atoms with Gasteiger partial charge < -0.3 is 33.2 Å². The van der Waals surface area contributed by atoms with Gasteiger partial charge in [0.2, 0.25) is 5.60 Å². The van der Waals surface area contributed by atoms with Crippen LogP contribution in [0.3, 0.4) is 0 Å². The maximum absolute atomic E-state index is 13.0. The van der Waals surface area contributed by atoms with E-state index >= 15 is 0 Å². The van der Waals surface area contributed by atoms with Crippen molar-refractivity contribution < 1.29 is 52.4 Å². The average molecular weight is 507 g/mol. The molecule has 0 aliphatic carbocycles. The molecule has 11 heteroatoms. The molecule has 7 atom stereocenters. The number of methoxy groups -OCH3 is 1. The molecule has 0 aromatic carbocycles. The lowest BCUT2D eigenvalue weighted by Crippen LogP contribution is -2.42. The monoisotopic (exact) mass is 506 g/mol. The molecule has 4 heterocycles. The van der Waals surface area contributed by atoms with Gasteiger partial charge in [-0.05, 0) is 32.3 Å². The van der Waals surface area contributed by atoms with Gasteiger partial charge >= 0.3 is 23.9 Å². The zero-order chi connectivity index (χ0) is 26.6. The molecule has 0 spiro atoms. The molecule has 2 fully saturated rings. The fourth-order valence-electron chi connectivity index (χ4n) is 5.16. The number of aliphatic hydroxyl groups is 1. The van der Waals surface area contributed by atoms with Gasteiger partial charge in [0.15, 0.2) is 6.10 Å². The van der Waals surface area contributed by atoms with E-state index in [1.165, 1.54) is 33.9 Å². The fraction of sp³-hybridized carbons (Fsp3) is 0.600. The maximum Gasteiger partial charge on any atom is 0.345 e. The molecular formula is C25H30O11. The standard InChI is InChI=1S/C25H30O11/c1-11(2)14-7-16-15(22(28)31-6)9-17(34-16)20(33-13(4)27)24(5,30)10-18-21-25(36-21,23(29)35-18)19(8-14)32-12(3)26/h9,14,18-21,30H,1,7-8,10H2,2-6H3/t14-,18-,19-,20+,21-,24-,25-/m1/s1. The van der Waals surface area contributed by atoms with Crippen LogP contribution in [0.1, 0.15) is 68.5 Å². The molecule has 36 heavy (non-hydrogen) atoms. The summed E-state index contributed by atoms with van der Waals surface area (Å²) < 4.78 is 33.3. The van der Waals surface area contributed by atoms with Crippen LogP contribution in [0, 0.1) is 5.92 Å². The SMILES string of the molecule is C=C(C)[C@@H]1Cc2oc(cc2C(=O)OC)[C@H](OC(C)=O)[C@](C)(O)C[C@H]2OC(=O)[C@@]3(O[C@H]23)[C@H](OC(C)=O)C1. The lowest BCUT2D eigenvalue weighted by Gasteiger charge is -2.32. The van der Waals surface area contributed by atoms with Crippen molar-refractivity contribution in [2.45, 2.75) is 82.6 Å². The van der Waals surface area contributed by atoms with Gasteiger partial charge in [-0.2, -0.15) is 0 Å². The van der Waals surface area contributed by atoms with Crippen LogP contribution < -0.4 is 0 Å². The summed E-state index contributed by atoms with van der Waals surface area (Å²) in [6.45, 7) is 9.59. The average Bonchev–Trinajstić information content (AvgIpc) is 3.32. The number of carbonyl (C=O) groups excluding carboxylic acids is 4. The Kier molecular flexibility index (Phi) is 6.50.